The van der Waals surface area contributed by atoms with Crippen LogP contribution in [0.4, 0.5) is 8.78 Å². The fraction of sp³-hybridized carbons (Fsp3) is 0.500. The second-order valence-corrected chi connectivity index (χ2v) is 6.33. The SMILES string of the molecule is CC1(C)OB(c2ccc3oc(=O)n(C(F)F)c3c2)OC1(C)C. The number of fused-ring (bicyclic) bond motifs is 1. The molecule has 0 spiro atoms. The van der Waals surface area contributed by atoms with Crippen molar-refractivity contribution in [2.75, 3.05) is 0 Å². The van der Waals surface area contributed by atoms with Crippen LogP contribution in [0.15, 0.2) is 27.4 Å². The van der Waals surface area contributed by atoms with Crippen molar-refractivity contribution in [1.82, 2.24) is 4.57 Å². The van der Waals surface area contributed by atoms with E-state index >= 15 is 0 Å². The van der Waals surface area contributed by atoms with Crippen LogP contribution in [0.25, 0.3) is 11.1 Å². The summed E-state index contributed by atoms with van der Waals surface area (Å²) in [6.07, 6.45) is 0. The molecule has 1 aromatic carbocycles. The molecule has 2 aromatic rings. The van der Waals surface area contributed by atoms with Gasteiger partial charge in [-0.2, -0.15) is 8.78 Å². The lowest BCUT2D eigenvalue weighted by molar-refractivity contribution is 0.00578. The van der Waals surface area contributed by atoms with E-state index in [-0.39, 0.29) is 11.1 Å². The van der Waals surface area contributed by atoms with Gasteiger partial charge in [0, 0.05) is 0 Å². The molecule has 0 bridgehead atoms. The topological polar surface area (TPSA) is 53.6 Å². The van der Waals surface area contributed by atoms with Gasteiger partial charge < -0.3 is 13.7 Å². The summed E-state index contributed by atoms with van der Waals surface area (Å²) in [5.74, 6) is -1.09. The number of nitrogens with zero attached hydrogens (tertiary/aromatic N) is 1. The van der Waals surface area contributed by atoms with Gasteiger partial charge in [-0.1, -0.05) is 6.07 Å². The average molecular weight is 311 g/mol. The van der Waals surface area contributed by atoms with Crippen LogP contribution in [0.2, 0.25) is 0 Å². The number of benzene rings is 1. The molecule has 1 aliphatic heterocycles. The molecule has 0 aliphatic carbocycles. The molecule has 1 fully saturated rings. The lowest BCUT2D eigenvalue weighted by Gasteiger charge is -2.32. The van der Waals surface area contributed by atoms with Crippen LogP contribution >= 0.6 is 0 Å². The first-order valence-electron chi connectivity index (χ1n) is 6.91. The lowest BCUT2D eigenvalue weighted by atomic mass is 9.79. The van der Waals surface area contributed by atoms with Gasteiger partial charge in [-0.15, -0.1) is 0 Å². The molecule has 118 valence electrons. The largest absolute Gasteiger partial charge is 0.494 e. The van der Waals surface area contributed by atoms with Crippen molar-refractivity contribution in [3.05, 3.63) is 28.7 Å². The Kier molecular flexibility index (Phi) is 3.23. The Morgan fingerprint density at radius 3 is 2.27 bits per heavy atom. The third-order valence-corrected chi connectivity index (χ3v) is 4.36. The lowest BCUT2D eigenvalue weighted by Crippen LogP contribution is -2.41. The predicted molar refractivity (Wildman–Crippen MR) is 77.4 cm³/mol. The fourth-order valence-corrected chi connectivity index (χ4v) is 2.36. The zero-order chi connectivity index (χ0) is 16.3. The minimum atomic E-state index is -2.97. The highest BCUT2D eigenvalue weighted by Gasteiger charge is 2.51. The quantitative estimate of drug-likeness (QED) is 0.799. The number of hydrogen-bond donors (Lipinski definition) is 0. The molecule has 3 rings (SSSR count). The van der Waals surface area contributed by atoms with E-state index in [1.807, 2.05) is 27.7 Å². The Bertz CT molecular complexity index is 765. The van der Waals surface area contributed by atoms with Crippen molar-refractivity contribution in [3.63, 3.8) is 0 Å². The van der Waals surface area contributed by atoms with Gasteiger partial charge in [0.15, 0.2) is 5.58 Å². The second kappa shape index (κ2) is 4.66. The summed E-state index contributed by atoms with van der Waals surface area (Å²) >= 11 is 0. The molecule has 0 saturated carbocycles. The van der Waals surface area contributed by atoms with Gasteiger partial charge in [-0.3, -0.25) is 0 Å². The summed E-state index contributed by atoms with van der Waals surface area (Å²) in [6, 6.07) is 4.55. The smallest absolute Gasteiger partial charge is 0.408 e. The van der Waals surface area contributed by atoms with Crippen LogP contribution in [-0.4, -0.2) is 22.9 Å². The Hall–Kier alpha value is -1.67. The van der Waals surface area contributed by atoms with Crippen molar-refractivity contribution in [2.24, 2.45) is 0 Å². The fourth-order valence-electron chi connectivity index (χ4n) is 2.36. The van der Waals surface area contributed by atoms with E-state index in [2.05, 4.69) is 0 Å². The molecule has 8 heteroatoms. The predicted octanol–water partition coefficient (Wildman–Crippen LogP) is 2.29. The molecule has 0 radical (unpaired) electrons. The van der Waals surface area contributed by atoms with Gasteiger partial charge in [-0.25, -0.2) is 9.36 Å². The molecule has 2 heterocycles. The van der Waals surface area contributed by atoms with Crippen LogP contribution in [-0.2, 0) is 9.31 Å². The molecule has 5 nitrogen and oxygen atoms in total. The summed E-state index contributed by atoms with van der Waals surface area (Å²) in [7, 11) is -0.689. The highest BCUT2D eigenvalue weighted by molar-refractivity contribution is 6.62. The standard InChI is InChI=1S/C14H16BF2NO4/c1-13(2)14(3,4)22-15(21-13)8-5-6-10-9(7-8)18(11(16)17)12(19)20-10/h5-7,11H,1-4H3. The third kappa shape index (κ3) is 2.17. The van der Waals surface area contributed by atoms with Gasteiger partial charge in [0.25, 0.3) is 0 Å². The number of halogens is 2. The van der Waals surface area contributed by atoms with E-state index in [0.717, 1.165) is 0 Å². The van der Waals surface area contributed by atoms with Crippen LogP contribution in [0.3, 0.4) is 0 Å². The number of aromatic nitrogens is 1. The molecule has 1 aliphatic rings. The maximum absolute atomic E-state index is 13.0. The first-order chi connectivity index (χ1) is 10.1. The molecule has 0 atom stereocenters. The maximum atomic E-state index is 13.0. The van der Waals surface area contributed by atoms with Gasteiger partial charge >= 0.3 is 19.4 Å². The zero-order valence-electron chi connectivity index (χ0n) is 12.7. The van der Waals surface area contributed by atoms with E-state index in [0.29, 0.717) is 10.0 Å². The Morgan fingerprint density at radius 1 is 1.14 bits per heavy atom. The van der Waals surface area contributed by atoms with Gasteiger partial charge in [0.05, 0.1) is 16.7 Å². The Labute approximate surface area is 125 Å². The van der Waals surface area contributed by atoms with E-state index in [4.69, 9.17) is 13.7 Å². The van der Waals surface area contributed by atoms with Crippen molar-refractivity contribution in [2.45, 2.75) is 45.4 Å². The molecule has 1 aromatic heterocycles. The summed E-state index contributed by atoms with van der Waals surface area (Å²) in [5, 5.41) is 0. The van der Waals surface area contributed by atoms with Gasteiger partial charge in [0.1, 0.15) is 0 Å². The molecule has 0 N–H and O–H groups in total. The van der Waals surface area contributed by atoms with Crippen molar-refractivity contribution < 1.29 is 22.5 Å². The number of rotatable bonds is 2. The molecule has 22 heavy (non-hydrogen) atoms. The van der Waals surface area contributed by atoms with E-state index in [9.17, 15) is 13.6 Å². The Morgan fingerprint density at radius 2 is 1.73 bits per heavy atom. The van der Waals surface area contributed by atoms with Crippen molar-refractivity contribution in [3.8, 4) is 0 Å². The Balaban J connectivity index is 2.07. The van der Waals surface area contributed by atoms with Crippen LogP contribution in [0.5, 0.6) is 0 Å². The monoisotopic (exact) mass is 311 g/mol. The minimum Gasteiger partial charge on any atom is -0.408 e. The van der Waals surface area contributed by atoms with Crippen LogP contribution in [0, 0.1) is 0 Å². The molecule has 0 amide bonds. The van der Waals surface area contributed by atoms with E-state index in [1.165, 1.54) is 12.1 Å². The minimum absolute atomic E-state index is 0.0206. The summed E-state index contributed by atoms with van der Waals surface area (Å²) in [4.78, 5) is 11.5. The number of alkyl halides is 2. The highest BCUT2D eigenvalue weighted by atomic mass is 19.3. The van der Waals surface area contributed by atoms with Crippen LogP contribution in [0.1, 0.15) is 34.2 Å². The molecular formula is C14H16BF2NO4. The van der Waals surface area contributed by atoms with Crippen molar-refractivity contribution >= 4 is 23.7 Å². The summed E-state index contributed by atoms with van der Waals surface area (Å²) in [5.41, 5.74) is -0.393. The normalized spacial score (nSPS) is 20.2. The number of oxazole rings is 1. The van der Waals surface area contributed by atoms with Gasteiger partial charge in [-0.05, 0) is 45.3 Å². The summed E-state index contributed by atoms with van der Waals surface area (Å²) in [6.45, 7) is 4.63. The molecular weight excluding hydrogens is 295 g/mol. The van der Waals surface area contributed by atoms with Gasteiger partial charge in [0.2, 0.25) is 0 Å². The maximum Gasteiger partial charge on any atom is 0.494 e. The van der Waals surface area contributed by atoms with Crippen molar-refractivity contribution in [1.29, 1.82) is 0 Å². The first-order valence-corrected chi connectivity index (χ1v) is 6.91. The summed E-state index contributed by atoms with van der Waals surface area (Å²) < 4.78 is 42.8. The zero-order valence-corrected chi connectivity index (χ0v) is 12.7. The highest BCUT2D eigenvalue weighted by Crippen LogP contribution is 2.36. The van der Waals surface area contributed by atoms with E-state index < -0.39 is 30.6 Å². The second-order valence-electron chi connectivity index (χ2n) is 6.33. The average Bonchev–Trinajstić information content (AvgIpc) is 2.81. The number of hydrogen-bond acceptors (Lipinski definition) is 4. The third-order valence-electron chi connectivity index (χ3n) is 4.36. The molecule has 1 saturated heterocycles. The molecule has 0 unspecified atom stereocenters. The first kappa shape index (κ1) is 15.2. The van der Waals surface area contributed by atoms with E-state index in [1.54, 1.807) is 6.07 Å². The van der Waals surface area contributed by atoms with Crippen LogP contribution < -0.4 is 11.2 Å².